The van der Waals surface area contributed by atoms with Gasteiger partial charge in [0.05, 0.1) is 0 Å². The third-order valence-electron chi connectivity index (χ3n) is 2.89. The monoisotopic (exact) mass is 278 g/mol. The Kier molecular flexibility index (Phi) is 5.17. The van der Waals surface area contributed by atoms with E-state index in [9.17, 15) is 4.79 Å². The van der Waals surface area contributed by atoms with Gasteiger partial charge in [-0.3, -0.25) is 0 Å². The summed E-state index contributed by atoms with van der Waals surface area (Å²) in [7, 11) is 0. The van der Waals surface area contributed by atoms with Crippen molar-refractivity contribution in [3.63, 3.8) is 0 Å². The maximum Gasteiger partial charge on any atom is 0.407 e. The highest BCUT2D eigenvalue weighted by Gasteiger charge is 2.23. The molecule has 0 aliphatic carbocycles. The van der Waals surface area contributed by atoms with Crippen LogP contribution in [0.3, 0.4) is 0 Å². The van der Waals surface area contributed by atoms with Gasteiger partial charge in [-0.25, -0.2) is 4.79 Å². The first-order valence-corrected chi connectivity index (χ1v) is 6.89. The second-order valence-electron chi connectivity index (χ2n) is 6.61. The van der Waals surface area contributed by atoms with Crippen molar-refractivity contribution in [1.82, 2.24) is 5.32 Å². The SMILES string of the molecule is Cc1ccccc1CC(C)(N)CNC(=O)OC(C)(C)C. The third-order valence-corrected chi connectivity index (χ3v) is 2.89. The van der Waals surface area contributed by atoms with E-state index >= 15 is 0 Å². The molecule has 0 radical (unpaired) electrons. The van der Waals surface area contributed by atoms with E-state index in [-0.39, 0.29) is 0 Å². The minimum atomic E-state index is -0.511. The predicted molar refractivity (Wildman–Crippen MR) is 81.7 cm³/mol. The fourth-order valence-corrected chi connectivity index (χ4v) is 1.89. The first-order chi connectivity index (χ1) is 9.09. The molecule has 0 aliphatic rings. The molecule has 0 fully saturated rings. The Hall–Kier alpha value is -1.55. The molecule has 0 saturated carbocycles. The average molecular weight is 278 g/mol. The van der Waals surface area contributed by atoms with Crippen molar-refractivity contribution in [2.45, 2.75) is 52.2 Å². The van der Waals surface area contributed by atoms with Gasteiger partial charge in [0.1, 0.15) is 5.60 Å². The molecular formula is C16H26N2O2. The molecule has 1 atom stereocenters. The van der Waals surface area contributed by atoms with Gasteiger partial charge in [-0.05, 0) is 52.2 Å². The maximum atomic E-state index is 11.6. The second-order valence-corrected chi connectivity index (χ2v) is 6.61. The highest BCUT2D eigenvalue weighted by Crippen LogP contribution is 2.14. The van der Waals surface area contributed by atoms with Crippen molar-refractivity contribution in [3.8, 4) is 0 Å². The first kappa shape index (κ1) is 16.5. The number of carbonyl (C=O) groups excluding carboxylic acids is 1. The fraction of sp³-hybridized carbons (Fsp3) is 0.562. The maximum absolute atomic E-state index is 11.6. The minimum Gasteiger partial charge on any atom is -0.444 e. The number of benzene rings is 1. The van der Waals surface area contributed by atoms with Gasteiger partial charge >= 0.3 is 6.09 Å². The standard InChI is InChI=1S/C16H26N2O2/c1-12-8-6-7-9-13(12)10-16(5,17)11-18-14(19)20-15(2,3)4/h6-9H,10-11,17H2,1-5H3,(H,18,19). The Labute approximate surface area is 121 Å². The highest BCUT2D eigenvalue weighted by molar-refractivity contribution is 5.67. The molecule has 0 aliphatic heterocycles. The van der Waals surface area contributed by atoms with Crippen molar-refractivity contribution in [2.75, 3.05) is 6.54 Å². The predicted octanol–water partition coefficient (Wildman–Crippen LogP) is 2.78. The smallest absolute Gasteiger partial charge is 0.407 e. The van der Waals surface area contributed by atoms with Crippen LogP contribution in [-0.4, -0.2) is 23.8 Å². The van der Waals surface area contributed by atoms with Gasteiger partial charge in [-0.1, -0.05) is 24.3 Å². The summed E-state index contributed by atoms with van der Waals surface area (Å²) >= 11 is 0. The number of aryl methyl sites for hydroxylation is 1. The molecule has 0 bridgehead atoms. The quantitative estimate of drug-likeness (QED) is 0.890. The number of hydrogen-bond donors (Lipinski definition) is 2. The Morgan fingerprint density at radius 2 is 1.85 bits per heavy atom. The molecule has 112 valence electrons. The molecule has 1 aromatic carbocycles. The molecule has 1 amide bonds. The number of rotatable bonds is 4. The zero-order chi connectivity index (χ0) is 15.4. The molecule has 4 heteroatoms. The van der Waals surface area contributed by atoms with Crippen molar-refractivity contribution in [1.29, 1.82) is 0 Å². The summed E-state index contributed by atoms with van der Waals surface area (Å²) in [6.45, 7) is 9.87. The Balaban J connectivity index is 2.54. The number of alkyl carbamates (subject to hydrolysis) is 1. The van der Waals surface area contributed by atoms with Crippen LogP contribution in [0.1, 0.15) is 38.8 Å². The molecular weight excluding hydrogens is 252 g/mol. The molecule has 3 N–H and O–H groups in total. The van der Waals surface area contributed by atoms with Gasteiger partial charge in [0, 0.05) is 12.1 Å². The van der Waals surface area contributed by atoms with Crippen LogP contribution in [0.4, 0.5) is 4.79 Å². The van der Waals surface area contributed by atoms with Crippen LogP contribution in [0, 0.1) is 6.92 Å². The van der Waals surface area contributed by atoms with E-state index in [0.717, 1.165) is 0 Å². The van der Waals surface area contributed by atoms with Gasteiger partial charge in [0.15, 0.2) is 0 Å². The lowest BCUT2D eigenvalue weighted by atomic mass is 9.91. The van der Waals surface area contributed by atoms with Gasteiger partial charge in [0.25, 0.3) is 0 Å². The second kappa shape index (κ2) is 6.27. The molecule has 4 nitrogen and oxygen atoms in total. The van der Waals surface area contributed by atoms with Crippen LogP contribution in [0.25, 0.3) is 0 Å². The van der Waals surface area contributed by atoms with E-state index < -0.39 is 17.2 Å². The summed E-state index contributed by atoms with van der Waals surface area (Å²) in [5, 5.41) is 2.73. The Bertz CT molecular complexity index is 462. The van der Waals surface area contributed by atoms with Gasteiger partial charge in [0.2, 0.25) is 0 Å². The average Bonchev–Trinajstić information content (AvgIpc) is 2.27. The lowest BCUT2D eigenvalue weighted by Crippen LogP contribution is -2.50. The molecule has 0 aromatic heterocycles. The van der Waals surface area contributed by atoms with E-state index in [0.29, 0.717) is 13.0 Å². The van der Waals surface area contributed by atoms with Gasteiger partial charge in [-0.15, -0.1) is 0 Å². The number of ether oxygens (including phenoxy) is 1. The fourth-order valence-electron chi connectivity index (χ4n) is 1.89. The van der Waals surface area contributed by atoms with Crippen molar-refractivity contribution in [2.24, 2.45) is 5.73 Å². The van der Waals surface area contributed by atoms with E-state index in [1.165, 1.54) is 11.1 Å². The topological polar surface area (TPSA) is 64.3 Å². The zero-order valence-corrected chi connectivity index (χ0v) is 13.1. The number of nitrogens with one attached hydrogen (secondary N) is 1. The Morgan fingerprint density at radius 3 is 2.40 bits per heavy atom. The highest BCUT2D eigenvalue weighted by atomic mass is 16.6. The van der Waals surface area contributed by atoms with Crippen LogP contribution >= 0.6 is 0 Å². The summed E-state index contributed by atoms with van der Waals surface area (Å²) < 4.78 is 5.20. The van der Waals surface area contributed by atoms with Gasteiger partial charge < -0.3 is 15.8 Å². The molecule has 0 saturated heterocycles. The third kappa shape index (κ3) is 6.06. The van der Waals surface area contributed by atoms with Crippen molar-refractivity contribution in [3.05, 3.63) is 35.4 Å². The Morgan fingerprint density at radius 1 is 1.25 bits per heavy atom. The summed E-state index contributed by atoms with van der Waals surface area (Å²) in [5.41, 5.74) is 7.66. The van der Waals surface area contributed by atoms with Crippen molar-refractivity contribution >= 4 is 6.09 Å². The van der Waals surface area contributed by atoms with Crippen LogP contribution in [0.15, 0.2) is 24.3 Å². The summed E-state index contributed by atoms with van der Waals surface area (Å²) in [5.74, 6) is 0. The molecule has 1 rings (SSSR count). The van der Waals surface area contributed by atoms with Crippen LogP contribution < -0.4 is 11.1 Å². The lowest BCUT2D eigenvalue weighted by Gasteiger charge is -2.27. The normalized spacial score (nSPS) is 14.5. The summed E-state index contributed by atoms with van der Waals surface area (Å²) in [6.07, 6.45) is 0.272. The first-order valence-electron chi connectivity index (χ1n) is 6.89. The molecule has 0 spiro atoms. The van der Waals surface area contributed by atoms with E-state index in [2.05, 4.69) is 24.4 Å². The number of carbonyl (C=O) groups is 1. The van der Waals surface area contributed by atoms with Crippen molar-refractivity contribution < 1.29 is 9.53 Å². The molecule has 0 heterocycles. The lowest BCUT2D eigenvalue weighted by molar-refractivity contribution is 0.0516. The van der Waals surface area contributed by atoms with Crippen LogP contribution in [0.5, 0.6) is 0 Å². The number of hydrogen-bond acceptors (Lipinski definition) is 3. The van der Waals surface area contributed by atoms with Crippen LogP contribution in [-0.2, 0) is 11.2 Å². The summed E-state index contributed by atoms with van der Waals surface area (Å²) in [6, 6.07) is 8.13. The summed E-state index contributed by atoms with van der Waals surface area (Å²) in [4.78, 5) is 11.6. The van der Waals surface area contributed by atoms with Crippen LogP contribution in [0.2, 0.25) is 0 Å². The molecule has 1 aromatic rings. The zero-order valence-electron chi connectivity index (χ0n) is 13.1. The number of amides is 1. The van der Waals surface area contributed by atoms with E-state index in [4.69, 9.17) is 10.5 Å². The van der Waals surface area contributed by atoms with E-state index in [1.54, 1.807) is 0 Å². The molecule has 1 unspecified atom stereocenters. The largest absolute Gasteiger partial charge is 0.444 e. The number of nitrogens with two attached hydrogens (primary N) is 1. The minimum absolute atomic E-state index is 0.371. The van der Waals surface area contributed by atoms with E-state index in [1.807, 2.05) is 39.8 Å². The van der Waals surface area contributed by atoms with Gasteiger partial charge in [-0.2, -0.15) is 0 Å². The molecule has 20 heavy (non-hydrogen) atoms.